The van der Waals surface area contributed by atoms with Crippen molar-refractivity contribution in [3.8, 4) is 0 Å². The summed E-state index contributed by atoms with van der Waals surface area (Å²) < 4.78 is 11.0. The first kappa shape index (κ1) is 13.9. The van der Waals surface area contributed by atoms with Crippen LogP contribution >= 0.6 is 0 Å². The maximum atomic E-state index is 5.67. The lowest BCUT2D eigenvalue weighted by Gasteiger charge is -2.36. The van der Waals surface area contributed by atoms with Gasteiger partial charge in [0.2, 0.25) is 0 Å². The predicted octanol–water partition coefficient (Wildman–Crippen LogP) is 2.21. The van der Waals surface area contributed by atoms with Crippen LogP contribution in [0.5, 0.6) is 0 Å². The summed E-state index contributed by atoms with van der Waals surface area (Å²) in [5.41, 5.74) is 0.416. The van der Waals surface area contributed by atoms with Crippen LogP contribution in [0, 0.1) is 5.41 Å². The Labute approximate surface area is 99.9 Å². The summed E-state index contributed by atoms with van der Waals surface area (Å²) >= 11 is 0. The molecule has 1 N–H and O–H groups in total. The molecule has 1 aliphatic heterocycles. The number of hydrogen-bond donors (Lipinski definition) is 1. The van der Waals surface area contributed by atoms with Crippen molar-refractivity contribution in [3.05, 3.63) is 0 Å². The van der Waals surface area contributed by atoms with Crippen LogP contribution < -0.4 is 5.32 Å². The van der Waals surface area contributed by atoms with Crippen LogP contribution in [0.4, 0.5) is 0 Å². The van der Waals surface area contributed by atoms with E-state index in [2.05, 4.69) is 26.1 Å². The van der Waals surface area contributed by atoms with Crippen molar-refractivity contribution < 1.29 is 9.47 Å². The van der Waals surface area contributed by atoms with E-state index in [1.54, 1.807) is 0 Å². The van der Waals surface area contributed by atoms with Crippen molar-refractivity contribution in [3.63, 3.8) is 0 Å². The fourth-order valence-corrected chi connectivity index (χ4v) is 1.98. The molecule has 0 radical (unpaired) electrons. The zero-order chi connectivity index (χ0) is 12.1. The van der Waals surface area contributed by atoms with E-state index in [1.807, 2.05) is 7.11 Å². The third kappa shape index (κ3) is 4.81. The third-order valence-electron chi connectivity index (χ3n) is 3.34. The topological polar surface area (TPSA) is 30.5 Å². The fraction of sp³-hybridized carbons (Fsp3) is 1.00. The monoisotopic (exact) mass is 229 g/mol. The van der Waals surface area contributed by atoms with Gasteiger partial charge in [0.15, 0.2) is 0 Å². The van der Waals surface area contributed by atoms with E-state index in [0.29, 0.717) is 5.41 Å². The Bertz CT molecular complexity index is 193. The van der Waals surface area contributed by atoms with Crippen LogP contribution in [0.25, 0.3) is 0 Å². The summed E-state index contributed by atoms with van der Waals surface area (Å²) in [7, 11) is 1.82. The van der Waals surface area contributed by atoms with Gasteiger partial charge in [-0.05, 0) is 18.4 Å². The molecule has 3 nitrogen and oxygen atoms in total. The van der Waals surface area contributed by atoms with Crippen LogP contribution in [-0.4, -0.2) is 39.0 Å². The second kappa shape index (κ2) is 5.99. The van der Waals surface area contributed by atoms with E-state index in [9.17, 15) is 0 Å². The number of methoxy groups -OCH3 is 1. The molecule has 0 aromatic heterocycles. The normalized spacial score (nSPS) is 21.0. The van der Waals surface area contributed by atoms with Gasteiger partial charge in [0, 0.05) is 39.7 Å². The molecule has 0 amide bonds. The smallest absolute Gasteiger partial charge is 0.0846 e. The van der Waals surface area contributed by atoms with Gasteiger partial charge >= 0.3 is 0 Å². The average molecular weight is 229 g/mol. The Morgan fingerprint density at radius 1 is 1.25 bits per heavy atom. The van der Waals surface area contributed by atoms with Gasteiger partial charge < -0.3 is 14.8 Å². The summed E-state index contributed by atoms with van der Waals surface area (Å²) in [6.07, 6.45) is 3.21. The molecule has 0 unspecified atom stereocenters. The Balaban J connectivity index is 2.23. The molecule has 1 heterocycles. The number of nitrogens with one attached hydrogen (secondary N) is 1. The van der Waals surface area contributed by atoms with Gasteiger partial charge in [0.1, 0.15) is 0 Å². The highest BCUT2D eigenvalue weighted by Gasteiger charge is 2.31. The molecule has 0 spiro atoms. The van der Waals surface area contributed by atoms with Crippen LogP contribution in [0.2, 0.25) is 0 Å². The number of ether oxygens (including phenoxy) is 2. The zero-order valence-electron chi connectivity index (χ0n) is 11.3. The summed E-state index contributed by atoms with van der Waals surface area (Å²) in [6, 6.07) is 0. The van der Waals surface area contributed by atoms with E-state index in [4.69, 9.17) is 9.47 Å². The van der Waals surface area contributed by atoms with Crippen molar-refractivity contribution in [2.75, 3.05) is 33.4 Å². The van der Waals surface area contributed by atoms with Crippen LogP contribution in [0.3, 0.4) is 0 Å². The van der Waals surface area contributed by atoms with Gasteiger partial charge in [-0.2, -0.15) is 0 Å². The standard InChI is InChI=1S/C13H27NO2/c1-12(2,3)5-8-14-11-13(15-4)6-9-16-10-7-13/h14H,5-11H2,1-4H3. The lowest BCUT2D eigenvalue weighted by Crippen LogP contribution is -2.47. The zero-order valence-corrected chi connectivity index (χ0v) is 11.3. The SMILES string of the molecule is COC1(CNCCC(C)(C)C)CCOCC1. The highest BCUT2D eigenvalue weighted by atomic mass is 16.5. The van der Waals surface area contributed by atoms with E-state index >= 15 is 0 Å². The van der Waals surface area contributed by atoms with Crippen LogP contribution in [-0.2, 0) is 9.47 Å². The van der Waals surface area contributed by atoms with Crippen molar-refractivity contribution in [1.82, 2.24) is 5.32 Å². The highest BCUT2D eigenvalue weighted by Crippen LogP contribution is 2.24. The molecule has 0 saturated carbocycles. The minimum atomic E-state index is 0.0101. The molecular weight excluding hydrogens is 202 g/mol. The Morgan fingerprint density at radius 2 is 1.88 bits per heavy atom. The summed E-state index contributed by atoms with van der Waals surface area (Å²) in [4.78, 5) is 0. The molecular formula is C13H27NO2. The lowest BCUT2D eigenvalue weighted by atomic mass is 9.91. The van der Waals surface area contributed by atoms with Crippen molar-refractivity contribution in [2.24, 2.45) is 5.41 Å². The van der Waals surface area contributed by atoms with Crippen LogP contribution in [0.1, 0.15) is 40.0 Å². The maximum absolute atomic E-state index is 5.67. The second-order valence-corrected chi connectivity index (χ2v) is 5.99. The summed E-state index contributed by atoms with van der Waals surface area (Å²) in [5.74, 6) is 0. The minimum absolute atomic E-state index is 0.0101. The van der Waals surface area contributed by atoms with E-state index < -0.39 is 0 Å². The van der Waals surface area contributed by atoms with Crippen molar-refractivity contribution in [1.29, 1.82) is 0 Å². The largest absolute Gasteiger partial charge is 0.381 e. The molecule has 1 fully saturated rings. The molecule has 1 rings (SSSR count). The van der Waals surface area contributed by atoms with Gasteiger partial charge in [0.25, 0.3) is 0 Å². The first-order chi connectivity index (χ1) is 7.47. The van der Waals surface area contributed by atoms with Crippen molar-refractivity contribution in [2.45, 2.75) is 45.6 Å². The highest BCUT2D eigenvalue weighted by molar-refractivity contribution is 4.85. The maximum Gasteiger partial charge on any atom is 0.0846 e. The summed E-state index contributed by atoms with van der Waals surface area (Å²) in [6.45, 7) is 10.5. The summed E-state index contributed by atoms with van der Waals surface area (Å²) in [5, 5.41) is 3.52. The predicted molar refractivity (Wildman–Crippen MR) is 66.7 cm³/mol. The van der Waals surface area contributed by atoms with Gasteiger partial charge in [0.05, 0.1) is 5.60 Å². The van der Waals surface area contributed by atoms with Gasteiger partial charge in [-0.3, -0.25) is 0 Å². The van der Waals surface area contributed by atoms with Gasteiger partial charge in [-0.1, -0.05) is 20.8 Å². The van der Waals surface area contributed by atoms with E-state index in [0.717, 1.165) is 39.1 Å². The second-order valence-electron chi connectivity index (χ2n) is 5.99. The molecule has 96 valence electrons. The van der Waals surface area contributed by atoms with E-state index in [1.165, 1.54) is 6.42 Å². The molecule has 1 aliphatic rings. The first-order valence-corrected chi connectivity index (χ1v) is 6.31. The molecule has 0 aliphatic carbocycles. The number of hydrogen-bond acceptors (Lipinski definition) is 3. The molecule has 16 heavy (non-hydrogen) atoms. The molecule has 3 heteroatoms. The Hall–Kier alpha value is -0.120. The van der Waals surface area contributed by atoms with Gasteiger partial charge in [-0.25, -0.2) is 0 Å². The number of rotatable bonds is 5. The molecule has 0 atom stereocenters. The average Bonchev–Trinajstić information content (AvgIpc) is 2.25. The van der Waals surface area contributed by atoms with Gasteiger partial charge in [-0.15, -0.1) is 0 Å². The third-order valence-corrected chi connectivity index (χ3v) is 3.34. The Morgan fingerprint density at radius 3 is 2.38 bits per heavy atom. The molecule has 1 saturated heterocycles. The molecule has 0 aromatic carbocycles. The van der Waals surface area contributed by atoms with Crippen LogP contribution in [0.15, 0.2) is 0 Å². The van der Waals surface area contributed by atoms with E-state index in [-0.39, 0.29) is 5.60 Å². The lowest BCUT2D eigenvalue weighted by molar-refractivity contribution is -0.0876. The molecule has 0 aromatic rings. The molecule has 0 bridgehead atoms. The Kier molecular flexibility index (Phi) is 5.22. The first-order valence-electron chi connectivity index (χ1n) is 6.31. The fourth-order valence-electron chi connectivity index (χ4n) is 1.98. The minimum Gasteiger partial charge on any atom is -0.381 e. The quantitative estimate of drug-likeness (QED) is 0.733. The van der Waals surface area contributed by atoms with Crippen molar-refractivity contribution >= 4 is 0 Å².